The quantitative estimate of drug-likeness (QED) is 0.226. The monoisotopic (exact) mass is 563 g/mol. The van der Waals surface area contributed by atoms with Crippen molar-refractivity contribution in [3.8, 4) is 17.2 Å². The van der Waals surface area contributed by atoms with E-state index in [-0.39, 0.29) is 22.8 Å². The number of nitriles is 1. The number of ether oxygens (including phenoxy) is 2. The number of aryl methyl sites for hydroxylation is 1. The molecule has 0 saturated heterocycles. The summed E-state index contributed by atoms with van der Waals surface area (Å²) >= 11 is 0. The lowest BCUT2D eigenvalue weighted by molar-refractivity contribution is -0.111. The fraction of sp³-hybridized carbons (Fsp3) is 0.343. The predicted octanol–water partition coefficient (Wildman–Crippen LogP) is 7.77. The summed E-state index contributed by atoms with van der Waals surface area (Å²) in [4.78, 5) is 16.6. The van der Waals surface area contributed by atoms with Crippen LogP contribution in [0.4, 0.5) is 5.69 Å². The van der Waals surface area contributed by atoms with Crippen LogP contribution in [0.2, 0.25) is 0 Å². The molecule has 1 heterocycles. The number of rotatable bonds is 8. The smallest absolute Gasteiger partial charge is 0.337 e. The Morgan fingerprint density at radius 1 is 1.02 bits per heavy atom. The highest BCUT2D eigenvalue weighted by Gasteiger charge is 2.42. The minimum Gasteiger partial charge on any atom is -0.478 e. The highest BCUT2D eigenvalue weighted by atomic mass is 16.5. The number of anilines is 1. The molecule has 1 saturated carbocycles. The van der Waals surface area contributed by atoms with Crippen LogP contribution in [0.3, 0.4) is 0 Å². The highest BCUT2D eigenvalue weighted by molar-refractivity contribution is 5.94. The number of carbonyl (C=O) groups is 1. The van der Waals surface area contributed by atoms with Gasteiger partial charge in [0.15, 0.2) is 0 Å². The van der Waals surface area contributed by atoms with E-state index in [9.17, 15) is 15.2 Å². The number of aromatic nitrogens is 1. The van der Waals surface area contributed by atoms with Gasteiger partial charge in [-0.3, -0.25) is 0 Å². The second-order valence-electron chi connectivity index (χ2n) is 11.6. The van der Waals surface area contributed by atoms with Gasteiger partial charge in [-0.15, -0.1) is 0 Å². The van der Waals surface area contributed by atoms with Crippen LogP contribution in [0.5, 0.6) is 0 Å². The number of fused-ring (bicyclic) bond motifs is 1. The second kappa shape index (κ2) is 11.6. The SMILES string of the molecule is COC1(C)CCC(OC)(c2ccc(-c3cc4c(C(C)Nc5ccccc5C(=O)O)cc(C)cc4nc3C#N)cc2)CC1. The molecule has 0 aliphatic heterocycles. The van der Waals surface area contributed by atoms with Crippen molar-refractivity contribution < 1.29 is 19.4 Å². The largest absolute Gasteiger partial charge is 0.478 e. The lowest BCUT2D eigenvalue weighted by Gasteiger charge is -2.43. The van der Waals surface area contributed by atoms with E-state index < -0.39 is 5.97 Å². The van der Waals surface area contributed by atoms with Crippen molar-refractivity contribution >= 4 is 22.6 Å². The normalized spacial score (nSPS) is 21.0. The molecule has 3 aromatic carbocycles. The molecule has 42 heavy (non-hydrogen) atoms. The first-order valence-electron chi connectivity index (χ1n) is 14.3. The van der Waals surface area contributed by atoms with Crippen molar-refractivity contribution in [1.29, 1.82) is 5.26 Å². The Hall–Kier alpha value is -4.25. The summed E-state index contributed by atoms with van der Waals surface area (Å²) in [6, 6.07) is 23.3. The fourth-order valence-corrected chi connectivity index (χ4v) is 6.17. The maximum atomic E-state index is 11.8. The number of para-hydroxylation sites is 1. The topological polar surface area (TPSA) is 104 Å². The molecule has 1 unspecified atom stereocenters. The van der Waals surface area contributed by atoms with E-state index in [1.165, 1.54) is 0 Å². The molecule has 1 fully saturated rings. The lowest BCUT2D eigenvalue weighted by Crippen LogP contribution is -2.41. The third-order valence-corrected chi connectivity index (χ3v) is 8.93. The number of nitrogens with zero attached hydrogens (tertiary/aromatic N) is 2. The third-order valence-electron chi connectivity index (χ3n) is 8.93. The van der Waals surface area contributed by atoms with Gasteiger partial charge in [0.25, 0.3) is 0 Å². The number of methoxy groups -OCH3 is 2. The summed E-state index contributed by atoms with van der Waals surface area (Å²) in [6.07, 6.45) is 3.56. The summed E-state index contributed by atoms with van der Waals surface area (Å²) < 4.78 is 11.9. The molecular weight excluding hydrogens is 526 g/mol. The summed E-state index contributed by atoms with van der Waals surface area (Å²) in [5.74, 6) is -0.985. The Morgan fingerprint density at radius 2 is 1.71 bits per heavy atom. The van der Waals surface area contributed by atoms with Crippen molar-refractivity contribution in [1.82, 2.24) is 4.98 Å². The standard InChI is InChI=1S/C35H37N3O4/c1-22-18-27(23(2)37-30-9-7-6-8-26(30)33(39)40)29-20-28(32(21-36)38-31(29)19-22)24-10-12-25(13-11-24)35(42-5)16-14-34(3,41-4)15-17-35/h6-13,18-20,23,37H,14-17H2,1-5H3,(H,39,40). The zero-order valence-electron chi connectivity index (χ0n) is 24.8. The lowest BCUT2D eigenvalue weighted by atomic mass is 9.73. The van der Waals surface area contributed by atoms with Crippen LogP contribution in [0.25, 0.3) is 22.0 Å². The summed E-state index contributed by atoms with van der Waals surface area (Å²) in [7, 11) is 3.55. The van der Waals surface area contributed by atoms with E-state index in [4.69, 9.17) is 14.5 Å². The minimum absolute atomic E-state index is 0.127. The average molecular weight is 564 g/mol. The van der Waals surface area contributed by atoms with E-state index in [0.29, 0.717) is 11.4 Å². The number of aromatic carboxylic acids is 1. The zero-order valence-corrected chi connectivity index (χ0v) is 24.8. The van der Waals surface area contributed by atoms with Gasteiger partial charge in [0.1, 0.15) is 11.8 Å². The van der Waals surface area contributed by atoms with Crippen LogP contribution in [0.1, 0.15) is 78.3 Å². The van der Waals surface area contributed by atoms with Crippen molar-refractivity contribution in [3.05, 3.63) is 94.7 Å². The molecule has 0 radical (unpaired) electrons. The molecule has 1 aliphatic carbocycles. The van der Waals surface area contributed by atoms with Gasteiger partial charge in [-0.1, -0.05) is 42.5 Å². The molecule has 4 aromatic rings. The van der Waals surface area contributed by atoms with Gasteiger partial charge < -0.3 is 19.9 Å². The van der Waals surface area contributed by atoms with Crippen molar-refractivity contribution in [2.45, 2.75) is 63.7 Å². The Morgan fingerprint density at radius 3 is 2.33 bits per heavy atom. The van der Waals surface area contributed by atoms with E-state index >= 15 is 0 Å². The number of benzene rings is 3. The van der Waals surface area contributed by atoms with Crippen molar-refractivity contribution in [2.24, 2.45) is 0 Å². The van der Waals surface area contributed by atoms with Crippen molar-refractivity contribution in [2.75, 3.05) is 19.5 Å². The molecule has 0 spiro atoms. The molecule has 0 bridgehead atoms. The number of pyridine rings is 1. The Kier molecular flexibility index (Phi) is 8.05. The van der Waals surface area contributed by atoms with Crippen LogP contribution < -0.4 is 5.32 Å². The van der Waals surface area contributed by atoms with Crippen LogP contribution in [0, 0.1) is 18.3 Å². The van der Waals surface area contributed by atoms with Crippen LogP contribution in [0.15, 0.2) is 66.7 Å². The Labute approximate surface area is 247 Å². The Bertz CT molecular complexity index is 1660. The predicted molar refractivity (Wildman–Crippen MR) is 165 cm³/mol. The van der Waals surface area contributed by atoms with Crippen LogP contribution in [-0.2, 0) is 15.1 Å². The van der Waals surface area contributed by atoms with Crippen LogP contribution in [-0.4, -0.2) is 35.9 Å². The van der Waals surface area contributed by atoms with E-state index in [1.807, 2.05) is 44.2 Å². The average Bonchev–Trinajstić information content (AvgIpc) is 3.01. The first-order valence-corrected chi connectivity index (χ1v) is 14.3. The number of hydrogen-bond donors (Lipinski definition) is 2. The molecule has 2 N–H and O–H groups in total. The number of carboxylic acid groups (broad SMARTS) is 1. The molecule has 0 amide bonds. The van der Waals surface area contributed by atoms with Gasteiger partial charge in [-0.05, 0) is 93.0 Å². The van der Waals surface area contributed by atoms with Gasteiger partial charge in [0.2, 0.25) is 0 Å². The maximum Gasteiger partial charge on any atom is 0.337 e. The van der Waals surface area contributed by atoms with Crippen LogP contribution >= 0.6 is 0 Å². The van der Waals surface area contributed by atoms with Gasteiger partial charge in [-0.2, -0.15) is 5.26 Å². The van der Waals surface area contributed by atoms with E-state index in [2.05, 4.69) is 36.5 Å². The molecular formula is C35H37N3O4. The minimum atomic E-state index is -0.985. The number of hydrogen-bond acceptors (Lipinski definition) is 6. The first-order chi connectivity index (χ1) is 20.1. The van der Waals surface area contributed by atoms with Gasteiger partial charge >= 0.3 is 5.97 Å². The van der Waals surface area contributed by atoms with Crippen molar-refractivity contribution in [3.63, 3.8) is 0 Å². The number of carboxylic acids is 1. The molecule has 1 aliphatic rings. The van der Waals surface area contributed by atoms with Gasteiger partial charge in [0.05, 0.1) is 22.3 Å². The maximum absolute atomic E-state index is 11.8. The summed E-state index contributed by atoms with van der Waals surface area (Å²) in [6.45, 7) is 6.15. The fourth-order valence-electron chi connectivity index (χ4n) is 6.17. The second-order valence-corrected chi connectivity index (χ2v) is 11.6. The summed E-state index contributed by atoms with van der Waals surface area (Å²) in [5, 5.41) is 24.0. The van der Waals surface area contributed by atoms with E-state index in [0.717, 1.165) is 64.4 Å². The molecule has 7 nitrogen and oxygen atoms in total. The molecule has 7 heteroatoms. The molecule has 1 atom stereocenters. The first kappa shape index (κ1) is 29.2. The highest BCUT2D eigenvalue weighted by Crippen LogP contribution is 2.45. The van der Waals surface area contributed by atoms with Gasteiger partial charge in [-0.25, -0.2) is 9.78 Å². The van der Waals surface area contributed by atoms with Gasteiger partial charge in [0, 0.05) is 36.9 Å². The molecule has 5 rings (SSSR count). The third kappa shape index (κ3) is 5.48. The molecule has 216 valence electrons. The van der Waals surface area contributed by atoms with E-state index in [1.54, 1.807) is 32.4 Å². The molecule has 1 aromatic heterocycles. The Balaban J connectivity index is 1.53. The summed E-state index contributed by atoms with van der Waals surface area (Å²) in [5.41, 5.74) is 6.10. The number of nitrogens with one attached hydrogen (secondary N) is 1. The zero-order chi connectivity index (χ0) is 30.1.